The molecule has 0 saturated carbocycles. The number of anilines is 2. The molecule has 0 fully saturated rings. The lowest BCUT2D eigenvalue weighted by molar-refractivity contribution is 0.675. The fraction of sp³-hybridized carbons (Fsp3) is 0.583. The first-order valence-electron chi connectivity index (χ1n) is 5.90. The Labute approximate surface area is 113 Å². The summed E-state index contributed by atoms with van der Waals surface area (Å²) in [6.07, 6.45) is 1.95. The van der Waals surface area contributed by atoms with Crippen LogP contribution in [0.5, 0.6) is 0 Å². The molecule has 0 amide bonds. The Bertz CT molecular complexity index is 407. The average molecular weight is 265 g/mol. The molecule has 0 aliphatic rings. The first kappa shape index (κ1) is 14.6. The van der Waals surface area contributed by atoms with E-state index < -0.39 is 0 Å². The van der Waals surface area contributed by atoms with E-state index in [0.29, 0.717) is 6.54 Å². The molecular formula is C12H19N5S. The molecular weight excluding hydrogens is 246 g/mol. The van der Waals surface area contributed by atoms with Crippen LogP contribution < -0.4 is 10.2 Å². The lowest BCUT2D eigenvalue weighted by Crippen LogP contribution is -2.28. The van der Waals surface area contributed by atoms with E-state index in [1.807, 2.05) is 26.3 Å². The molecule has 1 atom stereocenters. The zero-order chi connectivity index (χ0) is 13.5. The summed E-state index contributed by atoms with van der Waals surface area (Å²) in [5.41, 5.74) is 0. The molecule has 0 radical (unpaired) electrons. The van der Waals surface area contributed by atoms with Crippen molar-refractivity contribution < 1.29 is 0 Å². The molecule has 0 aromatic carbocycles. The quantitative estimate of drug-likeness (QED) is 0.628. The van der Waals surface area contributed by atoms with Crippen LogP contribution in [0.4, 0.5) is 11.6 Å². The highest BCUT2D eigenvalue weighted by Gasteiger charge is 2.12. The average Bonchev–Trinajstić information content (AvgIpc) is 2.43. The second kappa shape index (κ2) is 7.07. The van der Waals surface area contributed by atoms with Gasteiger partial charge in [0.15, 0.2) is 5.16 Å². The van der Waals surface area contributed by atoms with Crippen LogP contribution >= 0.6 is 11.8 Å². The van der Waals surface area contributed by atoms with Crippen LogP contribution in [-0.4, -0.2) is 36.4 Å². The minimum Gasteiger partial charge on any atom is -0.373 e. The van der Waals surface area contributed by atoms with Gasteiger partial charge in [0.1, 0.15) is 11.6 Å². The van der Waals surface area contributed by atoms with Gasteiger partial charge < -0.3 is 10.2 Å². The Morgan fingerprint density at radius 3 is 2.78 bits per heavy atom. The van der Waals surface area contributed by atoms with Crippen molar-refractivity contribution in [3.8, 4) is 6.07 Å². The third kappa shape index (κ3) is 3.77. The molecule has 0 bridgehead atoms. The monoisotopic (exact) mass is 265 g/mol. The third-order valence-corrected chi connectivity index (χ3v) is 3.10. The number of thioether (sulfide) groups is 1. The van der Waals surface area contributed by atoms with E-state index in [9.17, 15) is 0 Å². The Morgan fingerprint density at radius 2 is 2.28 bits per heavy atom. The second-order valence-electron chi connectivity index (χ2n) is 3.92. The van der Waals surface area contributed by atoms with Gasteiger partial charge in [-0.1, -0.05) is 11.8 Å². The maximum atomic E-state index is 8.90. The van der Waals surface area contributed by atoms with Crippen LogP contribution in [0.1, 0.15) is 13.8 Å². The normalized spacial score (nSPS) is 11.7. The Hall–Kier alpha value is -1.48. The zero-order valence-corrected chi connectivity index (χ0v) is 12.1. The summed E-state index contributed by atoms with van der Waals surface area (Å²) in [6, 6.07) is 4.16. The van der Waals surface area contributed by atoms with Crippen LogP contribution in [0.2, 0.25) is 0 Å². The summed E-state index contributed by atoms with van der Waals surface area (Å²) in [4.78, 5) is 10.9. The van der Waals surface area contributed by atoms with Crippen molar-refractivity contribution in [2.75, 3.05) is 36.6 Å². The van der Waals surface area contributed by atoms with E-state index >= 15 is 0 Å². The lowest BCUT2D eigenvalue weighted by atomic mass is 10.2. The van der Waals surface area contributed by atoms with Crippen molar-refractivity contribution in [1.29, 1.82) is 5.26 Å². The lowest BCUT2D eigenvalue weighted by Gasteiger charge is -2.23. The van der Waals surface area contributed by atoms with Gasteiger partial charge >= 0.3 is 0 Å². The van der Waals surface area contributed by atoms with Crippen molar-refractivity contribution in [2.24, 2.45) is 5.92 Å². The number of nitrogens with zero attached hydrogens (tertiary/aromatic N) is 4. The van der Waals surface area contributed by atoms with Gasteiger partial charge in [0, 0.05) is 26.2 Å². The van der Waals surface area contributed by atoms with Crippen molar-refractivity contribution in [1.82, 2.24) is 9.97 Å². The number of rotatable bonds is 6. The smallest absolute Gasteiger partial charge is 0.191 e. The van der Waals surface area contributed by atoms with Gasteiger partial charge in [-0.3, -0.25) is 0 Å². The first-order chi connectivity index (χ1) is 8.64. The van der Waals surface area contributed by atoms with E-state index in [1.54, 1.807) is 0 Å². The Morgan fingerprint density at radius 1 is 1.56 bits per heavy atom. The van der Waals surface area contributed by atoms with Crippen LogP contribution in [0.25, 0.3) is 0 Å². The van der Waals surface area contributed by atoms with Gasteiger partial charge in [-0.05, 0) is 20.1 Å². The predicted molar refractivity (Wildman–Crippen MR) is 76.0 cm³/mol. The largest absolute Gasteiger partial charge is 0.373 e. The molecule has 1 unspecified atom stereocenters. The number of hydrogen-bond acceptors (Lipinski definition) is 6. The molecule has 0 aliphatic carbocycles. The topological polar surface area (TPSA) is 64.8 Å². The number of nitrogens with one attached hydrogen (secondary N) is 1. The molecule has 1 heterocycles. The number of aromatic nitrogens is 2. The first-order valence-corrected chi connectivity index (χ1v) is 7.12. The fourth-order valence-corrected chi connectivity index (χ4v) is 1.92. The molecule has 1 N–H and O–H groups in total. The summed E-state index contributed by atoms with van der Waals surface area (Å²) < 4.78 is 0. The van der Waals surface area contributed by atoms with Gasteiger partial charge in [-0.25, -0.2) is 9.97 Å². The van der Waals surface area contributed by atoms with E-state index in [1.165, 1.54) is 11.8 Å². The molecule has 1 rings (SSSR count). The summed E-state index contributed by atoms with van der Waals surface area (Å²) in [5.74, 6) is 1.64. The van der Waals surface area contributed by atoms with E-state index in [2.05, 4.69) is 33.2 Å². The predicted octanol–water partition coefficient (Wildman–Crippen LogP) is 2.23. The fourth-order valence-electron chi connectivity index (χ4n) is 1.55. The SMILES string of the molecule is CCN(CC(C)C#N)c1cc(NC)nc(SC)n1. The van der Waals surface area contributed by atoms with Crippen LogP contribution in [0.15, 0.2) is 11.2 Å². The molecule has 0 saturated heterocycles. The van der Waals surface area contributed by atoms with Crippen LogP contribution in [0.3, 0.4) is 0 Å². The highest BCUT2D eigenvalue weighted by Crippen LogP contribution is 2.20. The van der Waals surface area contributed by atoms with Crippen molar-refractivity contribution in [3.05, 3.63) is 6.07 Å². The minimum atomic E-state index is -0.0179. The minimum absolute atomic E-state index is 0.0179. The van der Waals surface area contributed by atoms with Gasteiger partial charge in [0.2, 0.25) is 0 Å². The molecule has 98 valence electrons. The zero-order valence-electron chi connectivity index (χ0n) is 11.3. The summed E-state index contributed by atoms with van der Waals surface area (Å²) >= 11 is 1.51. The molecule has 0 spiro atoms. The van der Waals surface area contributed by atoms with Gasteiger partial charge in [-0.2, -0.15) is 5.26 Å². The van der Waals surface area contributed by atoms with E-state index in [4.69, 9.17) is 5.26 Å². The maximum absolute atomic E-state index is 8.90. The maximum Gasteiger partial charge on any atom is 0.191 e. The van der Waals surface area contributed by atoms with Crippen molar-refractivity contribution in [2.45, 2.75) is 19.0 Å². The summed E-state index contributed by atoms with van der Waals surface area (Å²) in [6.45, 7) is 5.48. The van der Waals surface area contributed by atoms with Crippen molar-refractivity contribution in [3.63, 3.8) is 0 Å². The van der Waals surface area contributed by atoms with Gasteiger partial charge in [0.25, 0.3) is 0 Å². The molecule has 0 aliphatic heterocycles. The van der Waals surface area contributed by atoms with Crippen LogP contribution in [0, 0.1) is 17.2 Å². The van der Waals surface area contributed by atoms with Gasteiger partial charge in [0.05, 0.1) is 12.0 Å². The summed E-state index contributed by atoms with van der Waals surface area (Å²) in [5, 5.41) is 12.7. The van der Waals surface area contributed by atoms with Gasteiger partial charge in [-0.15, -0.1) is 0 Å². The molecule has 18 heavy (non-hydrogen) atoms. The highest BCUT2D eigenvalue weighted by molar-refractivity contribution is 7.98. The van der Waals surface area contributed by atoms with Crippen molar-refractivity contribution >= 4 is 23.4 Å². The molecule has 1 aromatic rings. The third-order valence-electron chi connectivity index (χ3n) is 2.55. The van der Waals surface area contributed by atoms with E-state index in [0.717, 1.165) is 23.3 Å². The highest BCUT2D eigenvalue weighted by atomic mass is 32.2. The van der Waals surface area contributed by atoms with Crippen LogP contribution in [-0.2, 0) is 0 Å². The Kier molecular flexibility index (Phi) is 5.72. The standard InChI is InChI=1S/C12H19N5S/c1-5-17(8-9(2)7-13)11-6-10(14-3)15-12(16-11)18-4/h6,9H,5,8H2,1-4H3,(H,14,15,16). The molecule has 6 heteroatoms. The summed E-state index contributed by atoms with van der Waals surface area (Å²) in [7, 11) is 1.84. The second-order valence-corrected chi connectivity index (χ2v) is 4.69. The number of hydrogen-bond donors (Lipinski definition) is 1. The molecule has 1 aromatic heterocycles. The van der Waals surface area contributed by atoms with E-state index in [-0.39, 0.29) is 5.92 Å². The number of nitriles is 1. The molecule has 5 nitrogen and oxygen atoms in total. The Balaban J connectivity index is 3.01.